The summed E-state index contributed by atoms with van der Waals surface area (Å²) in [6.45, 7) is 2.22. The Bertz CT molecular complexity index is 830. The zero-order valence-electron chi connectivity index (χ0n) is 13.6. The minimum atomic E-state index is 0.301. The maximum atomic E-state index is 6.03. The van der Waals surface area contributed by atoms with Gasteiger partial charge in [-0.1, -0.05) is 30.7 Å². The summed E-state index contributed by atoms with van der Waals surface area (Å²) in [4.78, 5) is 9.28. The molecule has 24 heavy (non-hydrogen) atoms. The van der Waals surface area contributed by atoms with Crippen molar-refractivity contribution in [2.75, 3.05) is 0 Å². The molecule has 0 amide bonds. The lowest BCUT2D eigenvalue weighted by Crippen LogP contribution is -2.39. The fourth-order valence-corrected chi connectivity index (χ4v) is 3.67. The van der Waals surface area contributed by atoms with Crippen LogP contribution in [0.15, 0.2) is 47.2 Å². The molecule has 1 aliphatic rings. The van der Waals surface area contributed by atoms with Gasteiger partial charge in [0.1, 0.15) is 11.3 Å². The monoisotopic (exact) mass is 341 g/mol. The molecule has 3 heterocycles. The minimum absolute atomic E-state index is 0.301. The highest BCUT2D eigenvalue weighted by atomic mass is 35.5. The number of hydrogen-bond acceptors (Lipinski definition) is 4. The molecule has 4 rings (SSSR count). The predicted molar refractivity (Wildman–Crippen MR) is 95.2 cm³/mol. The van der Waals surface area contributed by atoms with Gasteiger partial charge in [-0.05, 0) is 37.0 Å². The molecule has 0 spiro atoms. The first kappa shape index (κ1) is 15.6. The van der Waals surface area contributed by atoms with E-state index in [4.69, 9.17) is 21.0 Å². The number of piperidine rings is 1. The number of nitrogens with zero attached hydrogens (tertiary/aromatic N) is 2. The number of aromatic nitrogens is 2. The van der Waals surface area contributed by atoms with Crippen LogP contribution in [0, 0.1) is 0 Å². The van der Waals surface area contributed by atoms with Crippen LogP contribution in [0.5, 0.6) is 0 Å². The molecule has 0 bridgehead atoms. The van der Waals surface area contributed by atoms with Gasteiger partial charge in [0.05, 0.1) is 12.5 Å². The smallest absolute Gasteiger partial charge is 0.170 e. The van der Waals surface area contributed by atoms with Crippen molar-refractivity contribution in [1.29, 1.82) is 0 Å². The van der Waals surface area contributed by atoms with E-state index in [9.17, 15) is 0 Å². The van der Waals surface area contributed by atoms with Crippen LogP contribution < -0.4 is 5.32 Å². The fourth-order valence-electron chi connectivity index (χ4n) is 3.54. The van der Waals surface area contributed by atoms with Gasteiger partial charge >= 0.3 is 0 Å². The Morgan fingerprint density at radius 3 is 2.83 bits per heavy atom. The average molecular weight is 342 g/mol. The summed E-state index contributed by atoms with van der Waals surface area (Å²) in [5.74, 6) is 1.26. The zero-order valence-corrected chi connectivity index (χ0v) is 14.3. The van der Waals surface area contributed by atoms with Crippen molar-refractivity contribution in [3.63, 3.8) is 0 Å². The lowest BCUT2D eigenvalue weighted by atomic mass is 9.83. The number of halogens is 1. The summed E-state index contributed by atoms with van der Waals surface area (Å²) in [6.07, 6.45) is 6.59. The highest BCUT2D eigenvalue weighted by molar-refractivity contribution is 6.30. The standard InChI is InChI=1S/C19H20ClN3O/c1-2-15-9-13(19-21-11-18-16(23-19)7-8-24-18)10-17(22-15)12-3-5-14(20)6-4-12/h3-8,11,13,15,17,22H,2,9-10H2,1H3. The van der Waals surface area contributed by atoms with E-state index < -0.39 is 0 Å². The fraction of sp³-hybridized carbons (Fsp3) is 0.368. The van der Waals surface area contributed by atoms with Gasteiger partial charge < -0.3 is 9.73 Å². The Kier molecular flexibility index (Phi) is 4.25. The Balaban J connectivity index is 1.63. The molecule has 3 atom stereocenters. The van der Waals surface area contributed by atoms with Crippen LogP contribution in [-0.4, -0.2) is 16.0 Å². The number of hydrogen-bond donors (Lipinski definition) is 1. The van der Waals surface area contributed by atoms with Crippen LogP contribution >= 0.6 is 11.6 Å². The van der Waals surface area contributed by atoms with Gasteiger partial charge in [0, 0.05) is 29.1 Å². The second-order valence-corrected chi connectivity index (χ2v) is 6.88. The normalized spacial score (nSPS) is 24.3. The van der Waals surface area contributed by atoms with Gasteiger partial charge in [-0.2, -0.15) is 0 Å². The number of nitrogens with one attached hydrogen (secondary N) is 1. The Morgan fingerprint density at radius 2 is 2.04 bits per heavy atom. The summed E-state index contributed by atoms with van der Waals surface area (Å²) in [5.41, 5.74) is 2.90. The number of rotatable bonds is 3. The average Bonchev–Trinajstić information content (AvgIpc) is 3.09. The third-order valence-electron chi connectivity index (χ3n) is 4.88. The molecule has 1 saturated heterocycles. The van der Waals surface area contributed by atoms with E-state index in [1.54, 1.807) is 12.5 Å². The topological polar surface area (TPSA) is 51.0 Å². The van der Waals surface area contributed by atoms with Gasteiger partial charge in [0.2, 0.25) is 0 Å². The van der Waals surface area contributed by atoms with Crippen molar-refractivity contribution in [3.8, 4) is 0 Å². The Labute approximate surface area is 146 Å². The van der Waals surface area contributed by atoms with E-state index in [2.05, 4.69) is 29.4 Å². The van der Waals surface area contributed by atoms with Crippen molar-refractivity contribution in [2.45, 2.75) is 44.2 Å². The minimum Gasteiger partial charge on any atom is -0.461 e. The van der Waals surface area contributed by atoms with E-state index in [0.717, 1.165) is 41.2 Å². The summed E-state index contributed by atoms with van der Waals surface area (Å²) in [7, 11) is 0. The second kappa shape index (κ2) is 6.54. The first-order chi connectivity index (χ1) is 11.7. The molecule has 3 unspecified atom stereocenters. The van der Waals surface area contributed by atoms with Crippen LogP contribution in [-0.2, 0) is 0 Å². The van der Waals surface area contributed by atoms with E-state index in [-0.39, 0.29) is 0 Å². The van der Waals surface area contributed by atoms with E-state index in [1.807, 2.05) is 18.2 Å². The van der Waals surface area contributed by atoms with Gasteiger partial charge in [-0.15, -0.1) is 0 Å². The SMILES string of the molecule is CCC1CC(c2ncc3occc3n2)CC(c2ccc(Cl)cc2)N1. The van der Waals surface area contributed by atoms with Crippen LogP contribution in [0.4, 0.5) is 0 Å². The van der Waals surface area contributed by atoms with E-state index in [0.29, 0.717) is 18.0 Å². The molecule has 1 N–H and O–H groups in total. The molecule has 2 aromatic heterocycles. The maximum absolute atomic E-state index is 6.03. The number of benzene rings is 1. The molecule has 1 aromatic carbocycles. The molecule has 0 aliphatic carbocycles. The predicted octanol–water partition coefficient (Wildman–Crippen LogP) is 4.86. The van der Waals surface area contributed by atoms with Crippen molar-refractivity contribution in [3.05, 3.63) is 59.2 Å². The molecule has 1 aliphatic heterocycles. The lowest BCUT2D eigenvalue weighted by Gasteiger charge is -2.35. The van der Waals surface area contributed by atoms with Gasteiger partial charge in [-0.25, -0.2) is 9.97 Å². The molecular weight excluding hydrogens is 322 g/mol. The highest BCUT2D eigenvalue weighted by Gasteiger charge is 2.30. The summed E-state index contributed by atoms with van der Waals surface area (Å²) >= 11 is 6.03. The number of furan rings is 1. The molecule has 5 heteroatoms. The van der Waals surface area contributed by atoms with E-state index in [1.165, 1.54) is 5.56 Å². The molecule has 0 saturated carbocycles. The molecule has 4 nitrogen and oxygen atoms in total. The molecule has 0 radical (unpaired) electrons. The molecule has 1 fully saturated rings. The van der Waals surface area contributed by atoms with Gasteiger partial charge in [0.15, 0.2) is 5.58 Å². The van der Waals surface area contributed by atoms with Gasteiger partial charge in [-0.3, -0.25) is 0 Å². The highest BCUT2D eigenvalue weighted by Crippen LogP contribution is 2.36. The quantitative estimate of drug-likeness (QED) is 0.738. The lowest BCUT2D eigenvalue weighted by molar-refractivity contribution is 0.281. The van der Waals surface area contributed by atoms with Crippen molar-refractivity contribution < 1.29 is 4.42 Å². The summed E-state index contributed by atoms with van der Waals surface area (Å²) in [6, 6.07) is 10.8. The van der Waals surface area contributed by atoms with Crippen LogP contribution in [0.1, 0.15) is 49.5 Å². The van der Waals surface area contributed by atoms with Crippen LogP contribution in [0.25, 0.3) is 11.1 Å². The first-order valence-corrected chi connectivity index (χ1v) is 8.82. The largest absolute Gasteiger partial charge is 0.461 e. The zero-order chi connectivity index (χ0) is 16.5. The first-order valence-electron chi connectivity index (χ1n) is 8.44. The summed E-state index contributed by atoms with van der Waals surface area (Å²) < 4.78 is 5.35. The van der Waals surface area contributed by atoms with Crippen LogP contribution in [0.3, 0.4) is 0 Å². The maximum Gasteiger partial charge on any atom is 0.170 e. The molecular formula is C19H20ClN3O. The number of fused-ring (bicyclic) bond motifs is 1. The second-order valence-electron chi connectivity index (χ2n) is 6.44. The Morgan fingerprint density at radius 1 is 1.21 bits per heavy atom. The summed E-state index contributed by atoms with van der Waals surface area (Å²) in [5, 5.41) is 4.52. The molecule has 124 valence electrons. The van der Waals surface area contributed by atoms with Crippen molar-refractivity contribution in [2.24, 2.45) is 0 Å². The van der Waals surface area contributed by atoms with E-state index >= 15 is 0 Å². The third-order valence-corrected chi connectivity index (χ3v) is 5.13. The van der Waals surface area contributed by atoms with Crippen LogP contribution in [0.2, 0.25) is 5.02 Å². The Hall–Kier alpha value is -1.91. The third kappa shape index (κ3) is 3.04. The van der Waals surface area contributed by atoms with Crippen molar-refractivity contribution >= 4 is 22.7 Å². The molecule has 3 aromatic rings. The van der Waals surface area contributed by atoms with Crippen molar-refractivity contribution in [1.82, 2.24) is 15.3 Å². The van der Waals surface area contributed by atoms with Gasteiger partial charge in [0.25, 0.3) is 0 Å².